The topological polar surface area (TPSA) is 80.8 Å². The highest BCUT2D eigenvalue weighted by Crippen LogP contribution is 2.30. The van der Waals surface area contributed by atoms with E-state index in [0.717, 1.165) is 9.37 Å². The lowest BCUT2D eigenvalue weighted by atomic mass is 10.1. The maximum absolute atomic E-state index is 12.9. The Morgan fingerprint density at radius 2 is 1.48 bits per heavy atom. The Hall–Kier alpha value is -3.58. The number of ketones is 1. The molecule has 7 heteroatoms. The summed E-state index contributed by atoms with van der Waals surface area (Å²) in [6, 6.07) is 19.4. The van der Waals surface area contributed by atoms with Crippen LogP contribution < -0.4 is 4.90 Å². The Balaban J connectivity index is 1.55. The average Bonchev–Trinajstić information content (AvgIpc) is 3.04. The normalized spacial score (nSPS) is 13.7. The van der Waals surface area contributed by atoms with Crippen molar-refractivity contribution in [2.75, 3.05) is 4.90 Å². The van der Waals surface area contributed by atoms with Crippen LogP contribution in [0.1, 0.15) is 48.4 Å². The highest BCUT2D eigenvalue weighted by molar-refractivity contribution is 9.10. The molecule has 0 saturated heterocycles. The van der Waals surface area contributed by atoms with Gasteiger partial charge in [0, 0.05) is 10.0 Å². The van der Waals surface area contributed by atoms with E-state index < -0.39 is 23.9 Å². The molecule has 3 aromatic rings. The fourth-order valence-corrected chi connectivity index (χ4v) is 3.58. The molecule has 1 atom stereocenters. The van der Waals surface area contributed by atoms with E-state index in [1.165, 1.54) is 25.1 Å². The number of esters is 1. The van der Waals surface area contributed by atoms with Crippen LogP contribution in [-0.4, -0.2) is 29.7 Å². The Morgan fingerprint density at radius 3 is 2.16 bits per heavy atom. The molecule has 0 fully saturated rings. The molecule has 1 aliphatic rings. The summed E-state index contributed by atoms with van der Waals surface area (Å²) in [6.45, 7) is 1.49. The van der Waals surface area contributed by atoms with Crippen LogP contribution in [0, 0.1) is 0 Å². The summed E-state index contributed by atoms with van der Waals surface area (Å²) in [5.41, 5.74) is 1.27. The van der Waals surface area contributed by atoms with E-state index in [-0.39, 0.29) is 22.5 Å². The highest BCUT2D eigenvalue weighted by Gasteiger charge is 2.37. The van der Waals surface area contributed by atoms with E-state index >= 15 is 0 Å². The molecule has 1 heterocycles. The first kappa shape index (κ1) is 20.7. The van der Waals surface area contributed by atoms with Crippen molar-refractivity contribution in [2.45, 2.75) is 13.0 Å². The van der Waals surface area contributed by atoms with Crippen LogP contribution in [-0.2, 0) is 4.74 Å². The predicted molar refractivity (Wildman–Crippen MR) is 117 cm³/mol. The van der Waals surface area contributed by atoms with Crippen LogP contribution in [0.3, 0.4) is 0 Å². The van der Waals surface area contributed by atoms with E-state index in [1.807, 2.05) is 0 Å². The number of halogens is 1. The second-order valence-electron chi connectivity index (χ2n) is 6.96. The lowest BCUT2D eigenvalue weighted by Crippen LogP contribution is -2.29. The molecule has 2 amide bonds. The van der Waals surface area contributed by atoms with Crippen molar-refractivity contribution >= 4 is 45.2 Å². The number of carbonyl (C=O) groups is 4. The molecule has 0 aliphatic carbocycles. The van der Waals surface area contributed by atoms with Gasteiger partial charge in [0.2, 0.25) is 5.78 Å². The zero-order chi connectivity index (χ0) is 22.1. The summed E-state index contributed by atoms with van der Waals surface area (Å²) in [6.07, 6.45) is -1.00. The van der Waals surface area contributed by atoms with Gasteiger partial charge in [0.1, 0.15) is 0 Å². The number of amides is 2. The van der Waals surface area contributed by atoms with Crippen LogP contribution in [0.25, 0.3) is 0 Å². The highest BCUT2D eigenvalue weighted by atomic mass is 79.9. The molecule has 0 saturated carbocycles. The maximum atomic E-state index is 12.9. The van der Waals surface area contributed by atoms with Gasteiger partial charge in [-0.2, -0.15) is 0 Å². The molecule has 0 radical (unpaired) electrons. The van der Waals surface area contributed by atoms with Crippen LogP contribution >= 0.6 is 15.9 Å². The van der Waals surface area contributed by atoms with Crippen molar-refractivity contribution in [1.29, 1.82) is 0 Å². The minimum absolute atomic E-state index is 0.0882. The standard InChI is InChI=1S/C24H16BrNO5/c1-14(21(27)15-5-3-2-4-6-15)31-24(30)16-7-12-19-20(13-16)23(29)26(22(19)28)18-10-8-17(25)9-11-18/h2-14H,1H3. The van der Waals surface area contributed by atoms with Gasteiger partial charge in [-0.3, -0.25) is 14.4 Å². The number of rotatable bonds is 5. The Labute approximate surface area is 186 Å². The molecule has 0 spiro atoms. The molecule has 0 bridgehead atoms. The molecule has 0 aromatic heterocycles. The number of Topliss-reactive ketones (excluding diaryl/α,β-unsaturated/α-hetero) is 1. The van der Waals surface area contributed by atoms with Crippen LogP contribution in [0.15, 0.2) is 77.3 Å². The molecule has 6 nitrogen and oxygen atoms in total. The van der Waals surface area contributed by atoms with E-state index in [0.29, 0.717) is 11.3 Å². The lowest BCUT2D eigenvalue weighted by molar-refractivity contribution is 0.0318. The van der Waals surface area contributed by atoms with E-state index in [1.54, 1.807) is 54.6 Å². The van der Waals surface area contributed by atoms with Gasteiger partial charge < -0.3 is 4.74 Å². The van der Waals surface area contributed by atoms with Crippen LogP contribution in [0.4, 0.5) is 5.69 Å². The van der Waals surface area contributed by atoms with Gasteiger partial charge in [-0.25, -0.2) is 9.69 Å². The smallest absolute Gasteiger partial charge is 0.338 e. The average molecular weight is 478 g/mol. The molecule has 154 valence electrons. The SMILES string of the molecule is CC(OC(=O)c1ccc2c(c1)C(=O)N(c1ccc(Br)cc1)C2=O)C(=O)c1ccccc1. The van der Waals surface area contributed by atoms with Crippen LogP contribution in [0.2, 0.25) is 0 Å². The third-order valence-corrected chi connectivity index (χ3v) is 5.45. The summed E-state index contributed by atoms with van der Waals surface area (Å²) in [4.78, 5) is 51.7. The first-order valence-electron chi connectivity index (χ1n) is 9.45. The van der Waals surface area contributed by atoms with Gasteiger partial charge in [-0.1, -0.05) is 46.3 Å². The number of hydrogen-bond acceptors (Lipinski definition) is 5. The molecule has 1 unspecified atom stereocenters. The molecule has 1 aliphatic heterocycles. The van der Waals surface area contributed by atoms with Crippen molar-refractivity contribution in [2.24, 2.45) is 0 Å². The van der Waals surface area contributed by atoms with Crippen molar-refractivity contribution in [3.63, 3.8) is 0 Å². The summed E-state index contributed by atoms with van der Waals surface area (Å²) >= 11 is 3.32. The van der Waals surface area contributed by atoms with Crippen molar-refractivity contribution in [3.8, 4) is 0 Å². The van der Waals surface area contributed by atoms with Crippen LogP contribution in [0.5, 0.6) is 0 Å². The largest absolute Gasteiger partial charge is 0.451 e. The molecular weight excluding hydrogens is 462 g/mol. The molecular formula is C24H16BrNO5. The number of fused-ring (bicyclic) bond motifs is 1. The molecule has 4 rings (SSSR count). The number of anilines is 1. The second-order valence-corrected chi connectivity index (χ2v) is 7.88. The lowest BCUT2D eigenvalue weighted by Gasteiger charge is -2.13. The van der Waals surface area contributed by atoms with E-state index in [2.05, 4.69) is 15.9 Å². The van der Waals surface area contributed by atoms with Gasteiger partial charge in [0.15, 0.2) is 6.10 Å². The second kappa shape index (κ2) is 8.28. The van der Waals surface area contributed by atoms with Gasteiger partial charge in [-0.15, -0.1) is 0 Å². The Bertz CT molecular complexity index is 1200. The molecule has 0 N–H and O–H groups in total. The van der Waals surface area contributed by atoms with Gasteiger partial charge >= 0.3 is 5.97 Å². The van der Waals surface area contributed by atoms with Crippen molar-refractivity contribution in [3.05, 3.63) is 99.5 Å². The number of hydrogen-bond donors (Lipinski definition) is 0. The number of ether oxygens (including phenoxy) is 1. The van der Waals surface area contributed by atoms with E-state index in [9.17, 15) is 19.2 Å². The fourth-order valence-electron chi connectivity index (χ4n) is 3.31. The van der Waals surface area contributed by atoms with E-state index in [4.69, 9.17) is 4.74 Å². The first-order chi connectivity index (χ1) is 14.9. The Morgan fingerprint density at radius 1 is 0.839 bits per heavy atom. The maximum Gasteiger partial charge on any atom is 0.338 e. The monoisotopic (exact) mass is 477 g/mol. The number of benzene rings is 3. The predicted octanol–water partition coefficient (Wildman–Crippen LogP) is 4.68. The summed E-state index contributed by atoms with van der Waals surface area (Å²) in [7, 11) is 0. The minimum atomic E-state index is -1.00. The zero-order valence-corrected chi connectivity index (χ0v) is 18.0. The van der Waals surface area contributed by atoms with Crippen molar-refractivity contribution in [1.82, 2.24) is 0 Å². The fraction of sp³-hybridized carbons (Fsp3) is 0.0833. The third kappa shape index (κ3) is 3.92. The summed E-state index contributed by atoms with van der Waals surface area (Å²) in [5.74, 6) is -2.06. The van der Waals surface area contributed by atoms with Gasteiger partial charge in [0.25, 0.3) is 11.8 Å². The zero-order valence-electron chi connectivity index (χ0n) is 16.4. The Kier molecular flexibility index (Phi) is 5.52. The number of carbonyl (C=O) groups excluding carboxylic acids is 4. The quantitative estimate of drug-likeness (QED) is 0.302. The number of nitrogens with zero attached hydrogens (tertiary/aromatic N) is 1. The molecule has 31 heavy (non-hydrogen) atoms. The summed E-state index contributed by atoms with van der Waals surface area (Å²) in [5, 5.41) is 0. The first-order valence-corrected chi connectivity index (χ1v) is 10.2. The third-order valence-electron chi connectivity index (χ3n) is 4.92. The van der Waals surface area contributed by atoms with Crippen molar-refractivity contribution < 1.29 is 23.9 Å². The number of imide groups is 1. The summed E-state index contributed by atoms with van der Waals surface area (Å²) < 4.78 is 6.11. The minimum Gasteiger partial charge on any atom is -0.451 e. The van der Waals surface area contributed by atoms with Gasteiger partial charge in [0.05, 0.1) is 22.4 Å². The molecule has 3 aromatic carbocycles. The van der Waals surface area contributed by atoms with Gasteiger partial charge in [-0.05, 0) is 49.4 Å².